The van der Waals surface area contributed by atoms with Crippen LogP contribution in [0.4, 0.5) is 0 Å². The van der Waals surface area contributed by atoms with Crippen LogP contribution >= 0.6 is 11.6 Å². The van der Waals surface area contributed by atoms with Crippen molar-refractivity contribution >= 4 is 11.6 Å². The minimum atomic E-state index is 0.426. The molecule has 0 aliphatic carbocycles. The van der Waals surface area contributed by atoms with Crippen LogP contribution in [0.15, 0.2) is 0 Å². The molecule has 1 heteroatoms. The molecule has 0 unspecified atom stereocenters. The Kier molecular flexibility index (Phi) is 5.62. The fraction of sp³-hybridized carbons (Fsp3) is 1.00. The van der Waals surface area contributed by atoms with E-state index in [1.165, 1.54) is 19.3 Å². The lowest BCUT2D eigenvalue weighted by molar-refractivity contribution is 0.664. The van der Waals surface area contributed by atoms with Gasteiger partial charge in [-0.3, -0.25) is 0 Å². The molecule has 0 amide bonds. The first-order valence-electron chi connectivity index (χ1n) is 3.45. The third kappa shape index (κ3) is 4.45. The van der Waals surface area contributed by atoms with E-state index < -0.39 is 0 Å². The van der Waals surface area contributed by atoms with Gasteiger partial charge in [0.05, 0.1) is 0 Å². The molecule has 0 heterocycles. The van der Waals surface area contributed by atoms with Crippen molar-refractivity contribution in [3.05, 3.63) is 0 Å². The molecule has 0 rings (SSSR count). The molecule has 0 spiro atoms. The van der Waals surface area contributed by atoms with Crippen molar-refractivity contribution in [1.29, 1.82) is 0 Å². The molecule has 0 saturated heterocycles. The molecule has 0 saturated carbocycles. The second-order valence-electron chi connectivity index (χ2n) is 2.15. The summed E-state index contributed by atoms with van der Waals surface area (Å²) in [6.45, 7) is 4.33. The summed E-state index contributed by atoms with van der Waals surface area (Å²) in [5.41, 5.74) is 0. The molecule has 0 nitrogen and oxygen atoms in total. The van der Waals surface area contributed by atoms with Crippen LogP contribution in [0.25, 0.3) is 0 Å². The Morgan fingerprint density at radius 1 is 1.38 bits per heavy atom. The van der Waals surface area contributed by atoms with Gasteiger partial charge in [0, 0.05) is 5.38 Å². The smallest absolute Gasteiger partial charge is 0.0333 e. The fourth-order valence-electron chi connectivity index (χ4n) is 0.630. The van der Waals surface area contributed by atoms with Gasteiger partial charge in [-0.15, -0.1) is 11.6 Å². The average molecular weight is 135 g/mol. The number of alkyl halides is 1. The predicted molar refractivity (Wildman–Crippen MR) is 39.5 cm³/mol. The van der Waals surface area contributed by atoms with Crippen LogP contribution in [0.1, 0.15) is 39.5 Å². The highest BCUT2D eigenvalue weighted by atomic mass is 35.5. The Labute approximate surface area is 57.2 Å². The normalized spacial score (nSPS) is 13.9. The predicted octanol–water partition coefficient (Wildman–Crippen LogP) is 3.19. The minimum absolute atomic E-state index is 0.426. The summed E-state index contributed by atoms with van der Waals surface area (Å²) in [6.07, 6.45) is 4.85. The Morgan fingerprint density at radius 3 is 2.38 bits per heavy atom. The van der Waals surface area contributed by atoms with Crippen molar-refractivity contribution < 1.29 is 0 Å². The van der Waals surface area contributed by atoms with Gasteiger partial charge in [-0.2, -0.15) is 0 Å². The molecule has 0 aromatic heterocycles. The first kappa shape index (κ1) is 8.29. The molecular formula is C7H15Cl. The summed E-state index contributed by atoms with van der Waals surface area (Å²) in [5, 5.41) is 0.426. The summed E-state index contributed by atoms with van der Waals surface area (Å²) in [5.74, 6) is 0. The zero-order chi connectivity index (χ0) is 6.41. The van der Waals surface area contributed by atoms with E-state index >= 15 is 0 Å². The Balaban J connectivity index is 2.86. The minimum Gasteiger partial charge on any atom is -0.123 e. The van der Waals surface area contributed by atoms with Gasteiger partial charge in [-0.05, 0) is 12.8 Å². The van der Waals surface area contributed by atoms with E-state index in [0.717, 1.165) is 6.42 Å². The molecule has 0 N–H and O–H groups in total. The molecule has 8 heavy (non-hydrogen) atoms. The second kappa shape index (κ2) is 5.43. The van der Waals surface area contributed by atoms with Gasteiger partial charge in [0.25, 0.3) is 0 Å². The molecule has 1 atom stereocenters. The molecule has 0 aromatic carbocycles. The van der Waals surface area contributed by atoms with Gasteiger partial charge in [0.2, 0.25) is 0 Å². The maximum absolute atomic E-state index is 5.84. The lowest BCUT2D eigenvalue weighted by Gasteiger charge is -2.01. The average Bonchev–Trinajstić information content (AvgIpc) is 1.83. The van der Waals surface area contributed by atoms with E-state index in [1.807, 2.05) is 0 Å². The van der Waals surface area contributed by atoms with Gasteiger partial charge in [-0.1, -0.05) is 26.7 Å². The largest absolute Gasteiger partial charge is 0.123 e. The number of rotatable bonds is 4. The van der Waals surface area contributed by atoms with Crippen LogP contribution in [0.3, 0.4) is 0 Å². The highest BCUT2D eigenvalue weighted by Gasteiger charge is 1.97. The lowest BCUT2D eigenvalue weighted by Crippen LogP contribution is -1.93. The van der Waals surface area contributed by atoms with E-state index in [9.17, 15) is 0 Å². The quantitative estimate of drug-likeness (QED) is 0.518. The van der Waals surface area contributed by atoms with Crippen LogP contribution in [-0.2, 0) is 0 Å². The standard InChI is InChI=1S/C7H15Cl/c1-3-5-6-7(8)4-2/h7H,3-6H2,1-2H3/t7-/m1/s1. The van der Waals surface area contributed by atoms with Gasteiger partial charge >= 0.3 is 0 Å². The number of halogens is 1. The summed E-state index contributed by atoms with van der Waals surface area (Å²) in [7, 11) is 0. The van der Waals surface area contributed by atoms with Crippen LogP contribution in [-0.4, -0.2) is 5.38 Å². The topological polar surface area (TPSA) is 0 Å². The van der Waals surface area contributed by atoms with E-state index in [1.54, 1.807) is 0 Å². The molecule has 0 aliphatic rings. The van der Waals surface area contributed by atoms with Gasteiger partial charge in [-0.25, -0.2) is 0 Å². The van der Waals surface area contributed by atoms with Gasteiger partial charge < -0.3 is 0 Å². The van der Waals surface area contributed by atoms with Gasteiger partial charge in [0.1, 0.15) is 0 Å². The van der Waals surface area contributed by atoms with E-state index in [2.05, 4.69) is 13.8 Å². The molecule has 0 radical (unpaired) electrons. The summed E-state index contributed by atoms with van der Waals surface area (Å²) in [6, 6.07) is 0. The van der Waals surface area contributed by atoms with Crippen molar-refractivity contribution in [2.24, 2.45) is 0 Å². The molecule has 0 bridgehead atoms. The zero-order valence-electron chi connectivity index (χ0n) is 5.78. The SMILES string of the molecule is CCCC[C@H](Cl)CC. The molecule has 0 aromatic rings. The van der Waals surface area contributed by atoms with Crippen LogP contribution in [0.2, 0.25) is 0 Å². The van der Waals surface area contributed by atoms with E-state index in [-0.39, 0.29) is 0 Å². The number of unbranched alkanes of at least 4 members (excludes halogenated alkanes) is 1. The second-order valence-corrected chi connectivity index (χ2v) is 2.76. The fourth-order valence-corrected chi connectivity index (χ4v) is 0.784. The zero-order valence-corrected chi connectivity index (χ0v) is 6.54. The molecule has 0 aliphatic heterocycles. The van der Waals surface area contributed by atoms with Crippen LogP contribution < -0.4 is 0 Å². The van der Waals surface area contributed by atoms with Crippen molar-refractivity contribution in [3.8, 4) is 0 Å². The lowest BCUT2D eigenvalue weighted by atomic mass is 10.2. The maximum atomic E-state index is 5.84. The molecule has 50 valence electrons. The first-order chi connectivity index (χ1) is 3.81. The summed E-state index contributed by atoms with van der Waals surface area (Å²) in [4.78, 5) is 0. The van der Waals surface area contributed by atoms with Gasteiger partial charge in [0.15, 0.2) is 0 Å². The van der Waals surface area contributed by atoms with Crippen molar-refractivity contribution in [1.82, 2.24) is 0 Å². The van der Waals surface area contributed by atoms with Crippen molar-refractivity contribution in [3.63, 3.8) is 0 Å². The van der Waals surface area contributed by atoms with E-state index in [0.29, 0.717) is 5.38 Å². The third-order valence-electron chi connectivity index (χ3n) is 1.31. The monoisotopic (exact) mass is 134 g/mol. The highest BCUT2D eigenvalue weighted by Crippen LogP contribution is 2.09. The summed E-state index contributed by atoms with van der Waals surface area (Å²) < 4.78 is 0. The van der Waals surface area contributed by atoms with Crippen LogP contribution in [0, 0.1) is 0 Å². The first-order valence-corrected chi connectivity index (χ1v) is 3.89. The third-order valence-corrected chi connectivity index (χ3v) is 1.84. The van der Waals surface area contributed by atoms with Crippen molar-refractivity contribution in [2.75, 3.05) is 0 Å². The van der Waals surface area contributed by atoms with Crippen LogP contribution in [0.5, 0.6) is 0 Å². The van der Waals surface area contributed by atoms with E-state index in [4.69, 9.17) is 11.6 Å². The molecular weight excluding hydrogens is 120 g/mol. The molecule has 0 fully saturated rings. The van der Waals surface area contributed by atoms with Crippen molar-refractivity contribution in [2.45, 2.75) is 44.9 Å². The number of hydrogen-bond donors (Lipinski definition) is 0. The summed E-state index contributed by atoms with van der Waals surface area (Å²) >= 11 is 5.84. The number of hydrogen-bond acceptors (Lipinski definition) is 0. The Bertz CT molecular complexity index is 43.7. The highest BCUT2D eigenvalue weighted by molar-refractivity contribution is 6.20. The Hall–Kier alpha value is 0.290. The maximum Gasteiger partial charge on any atom is 0.0333 e. The Morgan fingerprint density at radius 2 is 2.00 bits per heavy atom.